The second-order valence-corrected chi connectivity index (χ2v) is 7.38. The second kappa shape index (κ2) is 6.88. The summed E-state index contributed by atoms with van der Waals surface area (Å²) < 4.78 is 12.5. The maximum Gasteiger partial charge on any atom is 0.341 e. The number of hydrogen-bond acceptors (Lipinski definition) is 5. The van der Waals surface area contributed by atoms with Crippen LogP contribution in [0.2, 0.25) is 0 Å². The molecule has 0 radical (unpaired) electrons. The zero-order chi connectivity index (χ0) is 20.0. The van der Waals surface area contributed by atoms with Gasteiger partial charge in [0.05, 0.1) is 11.1 Å². The molecule has 0 bridgehead atoms. The van der Waals surface area contributed by atoms with Crippen LogP contribution in [-0.2, 0) is 17.6 Å². The van der Waals surface area contributed by atoms with Crippen LogP contribution in [0.4, 0.5) is 0 Å². The molecular formula is C23H20N2O4. The molecule has 2 aromatic carbocycles. The molecule has 0 saturated carbocycles. The summed E-state index contributed by atoms with van der Waals surface area (Å²) in [6.07, 6.45) is 4.37. The summed E-state index contributed by atoms with van der Waals surface area (Å²) in [6, 6.07) is 13.0. The van der Waals surface area contributed by atoms with Gasteiger partial charge in [0.15, 0.2) is 18.1 Å². The van der Waals surface area contributed by atoms with Crippen molar-refractivity contribution >= 4 is 33.9 Å². The van der Waals surface area contributed by atoms with Gasteiger partial charge >= 0.3 is 5.97 Å². The van der Waals surface area contributed by atoms with E-state index in [1.165, 1.54) is 12.0 Å². The SMILES string of the molecule is CC(OC(=O)c1cccc2ocnc12)C(=O)n1c2c(c3ccccc31)CCCC2. The third-order valence-electron chi connectivity index (χ3n) is 5.61. The fourth-order valence-electron chi connectivity index (χ4n) is 4.25. The quantitative estimate of drug-likeness (QED) is 0.482. The molecule has 0 amide bonds. The topological polar surface area (TPSA) is 74.3 Å². The molecule has 0 aliphatic heterocycles. The number of carbonyl (C=O) groups is 2. The number of para-hydroxylation sites is 2. The van der Waals surface area contributed by atoms with E-state index in [2.05, 4.69) is 11.1 Å². The zero-order valence-corrected chi connectivity index (χ0v) is 16.1. The van der Waals surface area contributed by atoms with E-state index in [9.17, 15) is 9.59 Å². The number of esters is 1. The van der Waals surface area contributed by atoms with Gasteiger partial charge in [-0.25, -0.2) is 9.78 Å². The van der Waals surface area contributed by atoms with Crippen LogP contribution in [0.25, 0.3) is 22.0 Å². The van der Waals surface area contributed by atoms with Crippen LogP contribution in [0.1, 0.15) is 46.2 Å². The van der Waals surface area contributed by atoms with Gasteiger partial charge in [0.1, 0.15) is 5.52 Å². The summed E-state index contributed by atoms with van der Waals surface area (Å²) in [5.74, 6) is -0.819. The minimum absolute atomic E-state index is 0.231. The zero-order valence-electron chi connectivity index (χ0n) is 16.1. The van der Waals surface area contributed by atoms with Gasteiger partial charge in [-0.1, -0.05) is 24.3 Å². The van der Waals surface area contributed by atoms with Crippen LogP contribution in [0.15, 0.2) is 53.3 Å². The average molecular weight is 388 g/mol. The molecule has 0 N–H and O–H groups in total. The van der Waals surface area contributed by atoms with Gasteiger partial charge < -0.3 is 9.15 Å². The van der Waals surface area contributed by atoms with Crippen LogP contribution in [-0.4, -0.2) is 27.5 Å². The van der Waals surface area contributed by atoms with Gasteiger partial charge in [-0.2, -0.15) is 0 Å². The van der Waals surface area contributed by atoms with E-state index in [1.54, 1.807) is 29.7 Å². The molecule has 2 aromatic heterocycles. The maximum absolute atomic E-state index is 13.3. The second-order valence-electron chi connectivity index (χ2n) is 7.38. The number of fused-ring (bicyclic) bond motifs is 4. The van der Waals surface area contributed by atoms with Crippen molar-refractivity contribution < 1.29 is 18.7 Å². The summed E-state index contributed by atoms with van der Waals surface area (Å²) in [4.78, 5) is 30.1. The Morgan fingerprint density at radius 1 is 1.10 bits per heavy atom. The summed E-state index contributed by atoms with van der Waals surface area (Å²) in [7, 11) is 0. The molecule has 1 unspecified atom stereocenters. The number of carbonyl (C=O) groups excluding carboxylic acids is 2. The van der Waals surface area contributed by atoms with Crippen molar-refractivity contribution in [2.45, 2.75) is 38.7 Å². The fourth-order valence-corrected chi connectivity index (χ4v) is 4.25. The Kier molecular flexibility index (Phi) is 4.19. The lowest BCUT2D eigenvalue weighted by molar-refractivity contribution is 0.0286. The molecule has 1 aliphatic carbocycles. The van der Waals surface area contributed by atoms with E-state index in [1.807, 2.05) is 18.2 Å². The predicted octanol–water partition coefficient (Wildman–Crippen LogP) is 4.55. The molecule has 6 nitrogen and oxygen atoms in total. The molecule has 4 aromatic rings. The molecule has 29 heavy (non-hydrogen) atoms. The van der Waals surface area contributed by atoms with Crippen molar-refractivity contribution in [1.82, 2.24) is 9.55 Å². The van der Waals surface area contributed by atoms with Crippen molar-refractivity contribution in [2.75, 3.05) is 0 Å². The molecule has 0 spiro atoms. The fraction of sp³-hybridized carbons (Fsp3) is 0.261. The molecule has 1 aliphatic rings. The minimum Gasteiger partial charge on any atom is -0.449 e. The maximum atomic E-state index is 13.3. The average Bonchev–Trinajstić information content (AvgIpc) is 3.35. The summed E-state index contributed by atoms with van der Waals surface area (Å²) >= 11 is 0. The first kappa shape index (κ1) is 17.7. The molecule has 6 heteroatoms. The third-order valence-corrected chi connectivity index (χ3v) is 5.61. The molecular weight excluding hydrogens is 368 g/mol. The van der Waals surface area contributed by atoms with Crippen LogP contribution in [0.5, 0.6) is 0 Å². The summed E-state index contributed by atoms with van der Waals surface area (Å²) in [5.41, 5.74) is 4.39. The van der Waals surface area contributed by atoms with Gasteiger partial charge in [-0.05, 0) is 56.4 Å². The van der Waals surface area contributed by atoms with Gasteiger partial charge in [0.2, 0.25) is 0 Å². The number of oxazole rings is 1. The Balaban J connectivity index is 1.48. The van der Waals surface area contributed by atoms with E-state index in [-0.39, 0.29) is 11.5 Å². The number of hydrogen-bond donors (Lipinski definition) is 0. The van der Waals surface area contributed by atoms with Gasteiger partial charge in [-0.3, -0.25) is 9.36 Å². The Morgan fingerprint density at radius 3 is 2.83 bits per heavy atom. The van der Waals surface area contributed by atoms with Crippen LogP contribution in [0.3, 0.4) is 0 Å². The molecule has 2 heterocycles. The highest BCUT2D eigenvalue weighted by Gasteiger charge is 2.28. The lowest BCUT2D eigenvalue weighted by atomic mass is 9.95. The number of benzene rings is 2. The van der Waals surface area contributed by atoms with Crippen LogP contribution < -0.4 is 0 Å². The predicted molar refractivity (Wildman–Crippen MR) is 108 cm³/mol. The number of rotatable bonds is 3. The largest absolute Gasteiger partial charge is 0.449 e. The Bertz CT molecular complexity index is 1250. The van der Waals surface area contributed by atoms with E-state index in [0.29, 0.717) is 11.1 Å². The Hall–Kier alpha value is -3.41. The smallest absolute Gasteiger partial charge is 0.341 e. The molecule has 1 atom stereocenters. The monoisotopic (exact) mass is 388 g/mol. The highest BCUT2D eigenvalue weighted by atomic mass is 16.5. The van der Waals surface area contributed by atoms with E-state index >= 15 is 0 Å². The van der Waals surface area contributed by atoms with Crippen molar-refractivity contribution in [3.8, 4) is 0 Å². The highest BCUT2D eigenvalue weighted by molar-refractivity contribution is 6.03. The van der Waals surface area contributed by atoms with E-state index in [0.717, 1.165) is 42.3 Å². The number of ether oxygens (including phenoxy) is 1. The van der Waals surface area contributed by atoms with Crippen molar-refractivity contribution in [3.05, 3.63) is 65.7 Å². The first-order chi connectivity index (χ1) is 14.1. The molecule has 5 rings (SSSR count). The van der Waals surface area contributed by atoms with Crippen molar-refractivity contribution in [2.24, 2.45) is 0 Å². The Labute approximate surface area is 167 Å². The van der Waals surface area contributed by atoms with Crippen LogP contribution >= 0.6 is 0 Å². The van der Waals surface area contributed by atoms with Gasteiger partial charge in [0.25, 0.3) is 5.91 Å². The Morgan fingerprint density at radius 2 is 1.93 bits per heavy atom. The number of aryl methyl sites for hydroxylation is 1. The summed E-state index contributed by atoms with van der Waals surface area (Å²) in [6.45, 7) is 1.62. The molecule has 0 fully saturated rings. The van der Waals surface area contributed by atoms with Crippen molar-refractivity contribution in [3.63, 3.8) is 0 Å². The first-order valence-corrected chi connectivity index (χ1v) is 9.84. The van der Waals surface area contributed by atoms with Crippen molar-refractivity contribution in [1.29, 1.82) is 0 Å². The third kappa shape index (κ3) is 2.83. The van der Waals surface area contributed by atoms with E-state index in [4.69, 9.17) is 9.15 Å². The number of nitrogens with zero attached hydrogens (tertiary/aromatic N) is 2. The molecule has 0 saturated heterocycles. The summed E-state index contributed by atoms with van der Waals surface area (Å²) in [5, 5.41) is 1.11. The standard InChI is InChI=1S/C23H20N2O4/c1-14(29-23(27)17-9-6-12-20-21(17)24-13-28-20)22(26)25-18-10-4-2-7-15(18)16-8-3-5-11-19(16)25/h2,4,6-7,9-10,12-14H,3,5,8,11H2,1H3. The van der Waals surface area contributed by atoms with Gasteiger partial charge in [-0.15, -0.1) is 0 Å². The van der Waals surface area contributed by atoms with E-state index < -0.39 is 12.1 Å². The molecule has 146 valence electrons. The normalized spacial score (nSPS) is 14.7. The van der Waals surface area contributed by atoms with Crippen LogP contribution in [0, 0.1) is 0 Å². The minimum atomic E-state index is -0.925. The lowest BCUT2D eigenvalue weighted by Gasteiger charge is -2.18. The number of aromatic nitrogens is 2. The lowest BCUT2D eigenvalue weighted by Crippen LogP contribution is -2.30. The highest BCUT2D eigenvalue weighted by Crippen LogP contribution is 2.32. The van der Waals surface area contributed by atoms with Gasteiger partial charge in [0, 0.05) is 11.1 Å². The first-order valence-electron chi connectivity index (χ1n) is 9.84.